The van der Waals surface area contributed by atoms with Gasteiger partial charge in [-0.2, -0.15) is 10.1 Å². The number of aromatic nitrogens is 3. The van der Waals surface area contributed by atoms with Crippen LogP contribution in [0.1, 0.15) is 24.1 Å². The summed E-state index contributed by atoms with van der Waals surface area (Å²) in [7, 11) is 4.69. The molecule has 1 aromatic heterocycles. The predicted molar refractivity (Wildman–Crippen MR) is 146 cm³/mol. The lowest BCUT2D eigenvalue weighted by Crippen LogP contribution is -2.31. The largest absolute Gasteiger partial charge is 0.497 e. The molecule has 0 bridgehead atoms. The van der Waals surface area contributed by atoms with Crippen LogP contribution in [0.5, 0.6) is 23.0 Å². The third kappa shape index (κ3) is 5.22. The molecule has 1 atom stereocenters. The van der Waals surface area contributed by atoms with E-state index in [0.717, 1.165) is 11.1 Å². The monoisotopic (exact) mass is 527 g/mol. The molecule has 0 radical (unpaired) electrons. The Morgan fingerprint density at radius 1 is 0.949 bits per heavy atom. The number of methoxy groups -OCH3 is 3. The number of allylic oxidation sites excluding steroid dienone is 1. The zero-order valence-electron chi connectivity index (χ0n) is 22.1. The maximum absolute atomic E-state index is 13.8. The highest BCUT2D eigenvalue weighted by Crippen LogP contribution is 2.39. The van der Waals surface area contributed by atoms with Crippen LogP contribution in [0.2, 0.25) is 0 Å². The maximum atomic E-state index is 13.8. The first-order valence-electron chi connectivity index (χ1n) is 12.3. The van der Waals surface area contributed by atoms with Crippen LogP contribution >= 0.6 is 0 Å². The number of carbonyl (C=O) groups excluding carboxylic acids is 1. The number of anilines is 2. The van der Waals surface area contributed by atoms with E-state index in [1.54, 1.807) is 44.2 Å². The van der Waals surface area contributed by atoms with Gasteiger partial charge in [0.1, 0.15) is 30.5 Å². The Kier molecular flexibility index (Phi) is 7.35. The number of ether oxygens (including phenoxy) is 4. The number of hydrogen-bond acceptors (Lipinski definition) is 8. The molecule has 0 saturated carbocycles. The number of benzene rings is 3. The molecule has 2 heterocycles. The average molecular weight is 528 g/mol. The smallest absolute Gasteiger partial charge is 0.255 e. The number of nitrogens with zero attached hydrogens (tertiary/aromatic N) is 3. The molecule has 0 aliphatic carbocycles. The summed E-state index contributed by atoms with van der Waals surface area (Å²) in [5.74, 6) is 2.41. The first-order valence-corrected chi connectivity index (χ1v) is 12.3. The molecule has 0 spiro atoms. The van der Waals surface area contributed by atoms with Crippen LogP contribution < -0.4 is 29.6 Å². The van der Waals surface area contributed by atoms with Crippen molar-refractivity contribution in [2.75, 3.05) is 32.0 Å². The van der Waals surface area contributed by atoms with Gasteiger partial charge in [-0.15, -0.1) is 0 Å². The number of amides is 1. The van der Waals surface area contributed by atoms with E-state index in [1.165, 1.54) is 6.33 Å². The Labute approximate surface area is 226 Å². The predicted octanol–water partition coefficient (Wildman–Crippen LogP) is 4.81. The van der Waals surface area contributed by atoms with E-state index >= 15 is 0 Å². The Hall–Kier alpha value is -4.99. The first-order chi connectivity index (χ1) is 19.0. The minimum atomic E-state index is -0.586. The second-order valence-electron chi connectivity index (χ2n) is 8.80. The van der Waals surface area contributed by atoms with E-state index in [4.69, 9.17) is 18.9 Å². The Balaban J connectivity index is 1.49. The van der Waals surface area contributed by atoms with Crippen molar-refractivity contribution in [3.8, 4) is 23.0 Å². The highest BCUT2D eigenvalue weighted by Gasteiger charge is 2.34. The van der Waals surface area contributed by atoms with Gasteiger partial charge in [-0.3, -0.25) is 4.79 Å². The lowest BCUT2D eigenvalue weighted by Gasteiger charge is -2.29. The van der Waals surface area contributed by atoms with Gasteiger partial charge in [0.05, 0.1) is 32.6 Å². The Bertz CT molecular complexity index is 1520. The number of fused-ring (bicyclic) bond motifs is 1. The van der Waals surface area contributed by atoms with Gasteiger partial charge in [-0.1, -0.05) is 36.4 Å². The van der Waals surface area contributed by atoms with Crippen LogP contribution in [-0.4, -0.2) is 42.0 Å². The van der Waals surface area contributed by atoms with Crippen molar-refractivity contribution in [1.82, 2.24) is 14.8 Å². The van der Waals surface area contributed by atoms with Crippen LogP contribution in [0.15, 0.2) is 84.3 Å². The molecule has 0 fully saturated rings. The molecule has 39 heavy (non-hydrogen) atoms. The fraction of sp³-hybridized carbons (Fsp3) is 0.207. The van der Waals surface area contributed by atoms with Crippen molar-refractivity contribution in [2.24, 2.45) is 0 Å². The van der Waals surface area contributed by atoms with Gasteiger partial charge >= 0.3 is 0 Å². The van der Waals surface area contributed by atoms with E-state index < -0.39 is 6.04 Å². The topological polar surface area (TPSA) is 109 Å². The van der Waals surface area contributed by atoms with Crippen LogP contribution in [0.4, 0.5) is 11.6 Å². The summed E-state index contributed by atoms with van der Waals surface area (Å²) in [6.07, 6.45) is 1.45. The van der Waals surface area contributed by atoms with Crippen molar-refractivity contribution in [3.05, 3.63) is 95.5 Å². The van der Waals surface area contributed by atoms with Crippen LogP contribution in [0, 0.1) is 0 Å². The minimum absolute atomic E-state index is 0.332. The molecule has 4 aromatic rings. The van der Waals surface area contributed by atoms with Gasteiger partial charge in [0.25, 0.3) is 5.91 Å². The summed E-state index contributed by atoms with van der Waals surface area (Å²) in [6, 6.07) is 20.1. The van der Waals surface area contributed by atoms with E-state index in [9.17, 15) is 4.79 Å². The molecule has 3 aromatic carbocycles. The molecule has 200 valence electrons. The van der Waals surface area contributed by atoms with Crippen molar-refractivity contribution < 1.29 is 23.7 Å². The van der Waals surface area contributed by atoms with E-state index in [1.807, 2.05) is 55.5 Å². The number of carbonyl (C=O) groups is 1. The zero-order valence-corrected chi connectivity index (χ0v) is 22.1. The van der Waals surface area contributed by atoms with Gasteiger partial charge < -0.3 is 29.6 Å². The molecule has 2 N–H and O–H groups in total. The third-order valence-electron chi connectivity index (χ3n) is 6.43. The molecule has 0 unspecified atom stereocenters. The van der Waals surface area contributed by atoms with E-state index in [-0.39, 0.29) is 5.91 Å². The average Bonchev–Trinajstić information content (AvgIpc) is 3.43. The quantitative estimate of drug-likeness (QED) is 0.319. The van der Waals surface area contributed by atoms with Crippen molar-refractivity contribution in [3.63, 3.8) is 0 Å². The molecule has 1 amide bonds. The molecule has 0 saturated heterocycles. The molecule has 10 heteroatoms. The van der Waals surface area contributed by atoms with Crippen LogP contribution in [0.25, 0.3) is 0 Å². The second kappa shape index (κ2) is 11.2. The Morgan fingerprint density at radius 2 is 1.72 bits per heavy atom. The normalized spacial score (nSPS) is 14.2. The van der Waals surface area contributed by atoms with Crippen LogP contribution in [0.3, 0.4) is 0 Å². The third-order valence-corrected chi connectivity index (χ3v) is 6.43. The second-order valence-corrected chi connectivity index (χ2v) is 8.80. The van der Waals surface area contributed by atoms with Crippen molar-refractivity contribution >= 4 is 17.5 Å². The molecule has 1 aliphatic rings. The van der Waals surface area contributed by atoms with Crippen LogP contribution in [-0.2, 0) is 11.4 Å². The summed E-state index contributed by atoms with van der Waals surface area (Å²) in [4.78, 5) is 18.1. The zero-order chi connectivity index (χ0) is 27.4. The molecular weight excluding hydrogens is 498 g/mol. The summed E-state index contributed by atoms with van der Waals surface area (Å²) in [5.41, 5.74) is 3.39. The highest BCUT2D eigenvalue weighted by atomic mass is 16.5. The van der Waals surface area contributed by atoms with E-state index in [0.29, 0.717) is 52.5 Å². The molecule has 10 nitrogen and oxygen atoms in total. The van der Waals surface area contributed by atoms with E-state index in [2.05, 4.69) is 20.7 Å². The summed E-state index contributed by atoms with van der Waals surface area (Å²) < 4.78 is 24.2. The van der Waals surface area contributed by atoms with Gasteiger partial charge in [-0.05, 0) is 42.3 Å². The molecular formula is C29H29N5O5. The number of rotatable bonds is 9. The van der Waals surface area contributed by atoms with Gasteiger partial charge in [0, 0.05) is 11.8 Å². The summed E-state index contributed by atoms with van der Waals surface area (Å²) in [6.45, 7) is 2.23. The SMILES string of the molecule is COc1ccc(OC)c(NC(=O)C2=C(C)Nc3ncnn3[C@H]2c2ccc(OCc3ccccc3)c(OC)c2)c1. The first kappa shape index (κ1) is 25.7. The lowest BCUT2D eigenvalue weighted by atomic mass is 9.94. The number of nitrogens with one attached hydrogen (secondary N) is 2. The Morgan fingerprint density at radius 3 is 2.46 bits per heavy atom. The lowest BCUT2D eigenvalue weighted by molar-refractivity contribution is -0.113. The fourth-order valence-electron chi connectivity index (χ4n) is 4.50. The minimum Gasteiger partial charge on any atom is -0.497 e. The molecule has 1 aliphatic heterocycles. The standard InChI is InChI=1S/C29H29N5O5/c1-18-26(28(35)33-22-15-21(36-2)11-13-23(22)37-3)27(34-29(32-18)30-17-31-34)20-10-12-24(25(14-20)38-4)39-16-19-8-6-5-7-9-19/h5-15,17,27H,16H2,1-4H3,(H,33,35)(H,30,31,32)/t27-/m0/s1. The van der Waals surface area contributed by atoms with Gasteiger partial charge in [0.15, 0.2) is 11.5 Å². The summed E-state index contributed by atoms with van der Waals surface area (Å²) >= 11 is 0. The number of hydrogen-bond donors (Lipinski definition) is 2. The fourth-order valence-corrected chi connectivity index (χ4v) is 4.50. The van der Waals surface area contributed by atoms with Gasteiger partial charge in [0.2, 0.25) is 5.95 Å². The molecule has 5 rings (SSSR count). The van der Waals surface area contributed by atoms with Gasteiger partial charge in [-0.25, -0.2) is 4.68 Å². The highest BCUT2D eigenvalue weighted by molar-refractivity contribution is 6.06. The van der Waals surface area contributed by atoms with Crippen molar-refractivity contribution in [2.45, 2.75) is 19.6 Å². The maximum Gasteiger partial charge on any atom is 0.255 e. The van der Waals surface area contributed by atoms with Crippen molar-refractivity contribution in [1.29, 1.82) is 0 Å². The summed E-state index contributed by atoms with van der Waals surface area (Å²) in [5, 5.41) is 10.6.